The first-order chi connectivity index (χ1) is 11.7. The van der Waals surface area contributed by atoms with Gasteiger partial charge < -0.3 is 24.8 Å². The summed E-state index contributed by atoms with van der Waals surface area (Å²) in [7, 11) is -1.09. The smallest absolute Gasteiger partial charge is 1.00 e. The quantitative estimate of drug-likeness (QED) is 0.529. The maximum absolute atomic E-state index is 2.58. The Balaban J connectivity index is 0.00000182. The molecule has 0 N–H and O–H groups in total. The molecular formula is C23H36Cl2SiTi. The van der Waals surface area contributed by atoms with Crippen LogP contribution >= 0.6 is 0 Å². The minimum Gasteiger partial charge on any atom is -1.00 e. The molecule has 1 aliphatic heterocycles. The Hall–Kier alpha value is 0.471. The number of allylic oxidation sites excluding steroid dienone is 8. The second kappa shape index (κ2) is 9.52. The van der Waals surface area contributed by atoms with Gasteiger partial charge in [0.2, 0.25) is 0 Å². The average molecular weight is 459 g/mol. The summed E-state index contributed by atoms with van der Waals surface area (Å²) in [5.41, 5.74) is 6.78. The van der Waals surface area contributed by atoms with E-state index in [2.05, 4.69) is 54.5 Å². The second-order valence-electron chi connectivity index (χ2n) is 9.18. The molecule has 0 aromatic carbocycles. The first-order valence-corrected chi connectivity index (χ1v) is 14.5. The fourth-order valence-electron chi connectivity index (χ4n) is 5.14. The van der Waals surface area contributed by atoms with Gasteiger partial charge in [-0.3, -0.25) is 0 Å². The fraction of sp³-hybridized carbons (Fsp3) is 0.652. The van der Waals surface area contributed by atoms with Gasteiger partial charge in [-0.05, 0) is 0 Å². The Bertz CT molecular complexity index is 706. The molecule has 1 heterocycles. The zero-order valence-corrected chi connectivity index (χ0v) is 22.4. The summed E-state index contributed by atoms with van der Waals surface area (Å²) in [4.78, 5) is 0. The molecule has 1 saturated heterocycles. The van der Waals surface area contributed by atoms with Gasteiger partial charge in [0, 0.05) is 0 Å². The normalized spacial score (nSPS) is 22.9. The van der Waals surface area contributed by atoms with Crippen LogP contribution < -0.4 is 24.8 Å². The average Bonchev–Trinajstić information content (AvgIpc) is 2.96. The molecule has 0 saturated carbocycles. The molecule has 0 bridgehead atoms. The van der Waals surface area contributed by atoms with E-state index in [0.29, 0.717) is 5.41 Å². The Kier molecular flexibility index (Phi) is 8.99. The van der Waals surface area contributed by atoms with E-state index in [0.717, 1.165) is 0 Å². The first-order valence-electron chi connectivity index (χ1n) is 10.3. The molecule has 27 heavy (non-hydrogen) atoms. The largest absolute Gasteiger partial charge is 1.00 e. The summed E-state index contributed by atoms with van der Waals surface area (Å²) in [5, 5.41) is 2.02. The molecule has 0 aromatic heterocycles. The van der Waals surface area contributed by atoms with Gasteiger partial charge >= 0.3 is 166 Å². The number of halogens is 2. The topological polar surface area (TPSA) is 0 Å². The van der Waals surface area contributed by atoms with Crippen LogP contribution in [0.15, 0.2) is 41.3 Å². The SMILES string of the molecule is CCCC[Si]1(C2=[C]([Ti+2][C]3=C(C)C(C)=C(C)C3(C)C)C(C)=CC2)CCC1.[Cl-].[Cl-]. The zero-order valence-electron chi connectivity index (χ0n) is 18.3. The molecule has 0 amide bonds. The van der Waals surface area contributed by atoms with Crippen LogP contribution in [0, 0.1) is 5.41 Å². The number of unbranched alkanes of at least 4 members (excludes halogenated alkanes) is 1. The van der Waals surface area contributed by atoms with Crippen molar-refractivity contribution in [3.63, 3.8) is 0 Å². The molecule has 0 radical (unpaired) electrons. The number of hydrogen-bond donors (Lipinski definition) is 0. The molecule has 1 fully saturated rings. The van der Waals surface area contributed by atoms with E-state index >= 15 is 0 Å². The first kappa shape index (κ1) is 25.5. The van der Waals surface area contributed by atoms with Crippen LogP contribution in [0.25, 0.3) is 0 Å². The van der Waals surface area contributed by atoms with Crippen molar-refractivity contribution >= 4 is 8.07 Å². The van der Waals surface area contributed by atoms with Crippen molar-refractivity contribution < 1.29 is 44.0 Å². The van der Waals surface area contributed by atoms with Gasteiger partial charge in [-0.15, -0.1) is 0 Å². The van der Waals surface area contributed by atoms with Gasteiger partial charge in [0.1, 0.15) is 0 Å². The molecule has 0 spiro atoms. The van der Waals surface area contributed by atoms with Crippen molar-refractivity contribution in [2.24, 2.45) is 5.41 Å². The maximum atomic E-state index is 2.58. The van der Waals surface area contributed by atoms with Crippen LogP contribution in [-0.4, -0.2) is 8.07 Å². The van der Waals surface area contributed by atoms with E-state index in [1.807, 2.05) is 13.0 Å². The number of hydrogen-bond acceptors (Lipinski definition) is 0. The van der Waals surface area contributed by atoms with Crippen LogP contribution in [0.1, 0.15) is 74.1 Å². The third kappa shape index (κ3) is 4.33. The number of rotatable bonds is 6. The molecule has 2 aliphatic carbocycles. The molecular weight excluding hydrogens is 423 g/mol. The summed E-state index contributed by atoms with van der Waals surface area (Å²) in [6.45, 7) is 16.8. The van der Waals surface area contributed by atoms with Gasteiger partial charge in [-0.1, -0.05) is 0 Å². The second-order valence-corrected chi connectivity index (χ2v) is 15.8. The monoisotopic (exact) mass is 458 g/mol. The van der Waals surface area contributed by atoms with Crippen molar-refractivity contribution in [1.29, 1.82) is 0 Å². The van der Waals surface area contributed by atoms with Crippen LogP contribution in [0.5, 0.6) is 0 Å². The molecule has 0 aromatic rings. The third-order valence-electron chi connectivity index (χ3n) is 7.58. The van der Waals surface area contributed by atoms with Crippen LogP contribution in [0.2, 0.25) is 18.1 Å². The van der Waals surface area contributed by atoms with Gasteiger partial charge in [0.25, 0.3) is 0 Å². The van der Waals surface area contributed by atoms with E-state index in [-0.39, 0.29) is 44.0 Å². The van der Waals surface area contributed by atoms with Gasteiger partial charge in [-0.25, -0.2) is 0 Å². The Morgan fingerprint density at radius 3 is 2.11 bits per heavy atom. The Labute approximate surface area is 190 Å². The Morgan fingerprint density at radius 1 is 1.04 bits per heavy atom. The molecule has 3 aliphatic rings. The van der Waals surface area contributed by atoms with Gasteiger partial charge in [0.15, 0.2) is 0 Å². The van der Waals surface area contributed by atoms with Crippen molar-refractivity contribution in [1.82, 2.24) is 0 Å². The van der Waals surface area contributed by atoms with Crippen LogP contribution in [-0.2, 0) is 19.2 Å². The predicted octanol–water partition coefficient (Wildman–Crippen LogP) is 1.52. The molecule has 0 unspecified atom stereocenters. The summed E-state index contributed by atoms with van der Waals surface area (Å²) >= 11 is -0.185. The van der Waals surface area contributed by atoms with E-state index in [1.165, 1.54) is 25.7 Å². The fourth-order valence-corrected chi connectivity index (χ4v) is 14.2. The minimum atomic E-state index is -1.09. The van der Waals surface area contributed by atoms with Crippen molar-refractivity contribution in [3.8, 4) is 0 Å². The van der Waals surface area contributed by atoms with Gasteiger partial charge in [-0.2, -0.15) is 0 Å². The molecule has 0 atom stereocenters. The van der Waals surface area contributed by atoms with Gasteiger partial charge in [0.05, 0.1) is 0 Å². The van der Waals surface area contributed by atoms with Crippen LogP contribution in [0.3, 0.4) is 0 Å². The maximum Gasteiger partial charge on any atom is -1.00 e. The molecule has 3 rings (SSSR count). The summed E-state index contributed by atoms with van der Waals surface area (Å²) in [6.07, 6.45) is 8.25. The van der Waals surface area contributed by atoms with Crippen molar-refractivity contribution in [2.75, 3.05) is 0 Å². The zero-order chi connectivity index (χ0) is 18.4. The summed E-state index contributed by atoms with van der Waals surface area (Å²) in [5.74, 6) is 0. The predicted molar refractivity (Wildman–Crippen MR) is 110 cm³/mol. The van der Waals surface area contributed by atoms with Crippen molar-refractivity contribution in [3.05, 3.63) is 41.3 Å². The van der Waals surface area contributed by atoms with E-state index < -0.39 is 8.07 Å². The minimum absolute atomic E-state index is 0. The summed E-state index contributed by atoms with van der Waals surface area (Å²) < 4.78 is 3.72. The standard InChI is InChI=1S/C13H21Si.C10H15.2ClH.Ti/c1-3-4-8-14(9-5-10-14)13-7-6-12(2)11-13;1-7-6-10(4,5)9(3)8(7)2;;;/h6H,3-5,7-10H2,1-2H3;1-5H3;2*1H;/q;;;;+2/p-2. The molecule has 4 heteroatoms. The van der Waals surface area contributed by atoms with Crippen molar-refractivity contribution in [2.45, 2.75) is 92.3 Å². The summed E-state index contributed by atoms with van der Waals surface area (Å²) in [6, 6.07) is 4.76. The molecule has 150 valence electrons. The molecule has 0 nitrogen and oxygen atoms in total. The van der Waals surface area contributed by atoms with E-state index in [1.54, 1.807) is 40.4 Å². The van der Waals surface area contributed by atoms with E-state index in [4.69, 9.17) is 0 Å². The van der Waals surface area contributed by atoms with E-state index in [9.17, 15) is 0 Å². The Morgan fingerprint density at radius 2 is 1.67 bits per heavy atom. The third-order valence-corrected chi connectivity index (χ3v) is 17.1. The van der Waals surface area contributed by atoms with Crippen LogP contribution in [0.4, 0.5) is 0 Å².